The van der Waals surface area contributed by atoms with Crippen LogP contribution < -0.4 is 10.1 Å². The Hall–Kier alpha value is -3.41. The van der Waals surface area contributed by atoms with Crippen LogP contribution in [0, 0.1) is 5.92 Å². The second-order valence-electron chi connectivity index (χ2n) is 6.97. The molecule has 0 aliphatic heterocycles. The van der Waals surface area contributed by atoms with Gasteiger partial charge in [-0.1, -0.05) is 32.0 Å². The number of esters is 1. The summed E-state index contributed by atoms with van der Waals surface area (Å²) in [6.45, 7) is 7.52. The molecule has 0 bridgehead atoms. The molecular weight excluding hydrogens is 382 g/mol. The smallest absolute Gasteiger partial charge is 0.331 e. The van der Waals surface area contributed by atoms with E-state index in [-0.39, 0.29) is 17.6 Å². The molecule has 1 atom stereocenters. The van der Waals surface area contributed by atoms with Crippen LogP contribution in [0.4, 0.5) is 5.69 Å². The monoisotopic (exact) mass is 409 g/mol. The number of ketones is 1. The molecule has 30 heavy (non-hydrogen) atoms. The van der Waals surface area contributed by atoms with Crippen LogP contribution in [0.15, 0.2) is 54.6 Å². The lowest BCUT2D eigenvalue weighted by Gasteiger charge is -2.12. The molecule has 0 aliphatic rings. The van der Waals surface area contributed by atoms with Gasteiger partial charge < -0.3 is 14.8 Å². The Morgan fingerprint density at radius 2 is 1.67 bits per heavy atom. The van der Waals surface area contributed by atoms with Crippen molar-refractivity contribution in [3.05, 3.63) is 65.7 Å². The summed E-state index contributed by atoms with van der Waals surface area (Å²) in [5, 5.41) is 2.76. The summed E-state index contributed by atoms with van der Waals surface area (Å²) in [7, 11) is 0. The zero-order valence-corrected chi connectivity index (χ0v) is 17.7. The van der Waals surface area contributed by atoms with Crippen molar-refractivity contribution in [2.75, 3.05) is 11.9 Å². The molecule has 0 saturated heterocycles. The number of benzene rings is 2. The highest BCUT2D eigenvalue weighted by Gasteiger charge is 2.19. The molecule has 0 spiro atoms. The van der Waals surface area contributed by atoms with Gasteiger partial charge in [-0.2, -0.15) is 0 Å². The molecule has 1 N–H and O–H groups in total. The number of nitrogens with one attached hydrogen (secondary N) is 1. The number of hydrogen-bond acceptors (Lipinski definition) is 5. The van der Waals surface area contributed by atoms with Gasteiger partial charge in [0.15, 0.2) is 6.10 Å². The van der Waals surface area contributed by atoms with Gasteiger partial charge in [-0.15, -0.1) is 0 Å². The van der Waals surface area contributed by atoms with Crippen LogP contribution in [0.2, 0.25) is 0 Å². The van der Waals surface area contributed by atoms with E-state index in [1.165, 1.54) is 13.0 Å². The topological polar surface area (TPSA) is 81.7 Å². The van der Waals surface area contributed by atoms with Gasteiger partial charge in [0.25, 0.3) is 0 Å². The van der Waals surface area contributed by atoms with Gasteiger partial charge in [0.2, 0.25) is 11.7 Å². The predicted molar refractivity (Wildman–Crippen MR) is 116 cm³/mol. The summed E-state index contributed by atoms with van der Waals surface area (Å²) in [5.74, 6) is -0.526. The summed E-state index contributed by atoms with van der Waals surface area (Å²) < 4.78 is 10.7. The van der Waals surface area contributed by atoms with E-state index < -0.39 is 12.1 Å². The zero-order valence-electron chi connectivity index (χ0n) is 17.7. The third-order valence-corrected chi connectivity index (χ3v) is 4.24. The summed E-state index contributed by atoms with van der Waals surface area (Å²) in [6, 6.07) is 13.8. The Morgan fingerprint density at radius 3 is 2.30 bits per heavy atom. The molecule has 0 unspecified atom stereocenters. The summed E-state index contributed by atoms with van der Waals surface area (Å²) in [4.78, 5) is 36.4. The number of anilines is 1. The molecule has 2 aromatic carbocycles. The van der Waals surface area contributed by atoms with Gasteiger partial charge in [-0.25, -0.2) is 4.79 Å². The zero-order chi connectivity index (χ0) is 22.1. The molecule has 0 saturated carbocycles. The Balaban J connectivity index is 1.96. The minimum atomic E-state index is -0.944. The molecule has 1 amide bonds. The normalized spacial score (nSPS) is 11.9. The Kier molecular flexibility index (Phi) is 8.35. The minimum Gasteiger partial charge on any atom is -0.493 e. The van der Waals surface area contributed by atoms with E-state index in [0.717, 1.165) is 5.56 Å². The molecule has 0 radical (unpaired) electrons. The number of amides is 1. The molecule has 0 aromatic heterocycles. The SMILES string of the molecule is CCOc1ccccc1/C=C/C(=O)O[C@H](C)C(=O)c1ccc(NC(=O)C(C)C)cc1. The highest BCUT2D eigenvalue weighted by Crippen LogP contribution is 2.19. The predicted octanol–water partition coefficient (Wildman–Crippen LogP) is 4.51. The summed E-state index contributed by atoms with van der Waals surface area (Å²) >= 11 is 0. The maximum absolute atomic E-state index is 12.5. The van der Waals surface area contributed by atoms with E-state index >= 15 is 0 Å². The molecule has 6 heteroatoms. The first-order valence-electron chi connectivity index (χ1n) is 9.87. The number of hydrogen-bond donors (Lipinski definition) is 1. The van der Waals surface area contributed by atoms with Gasteiger partial charge in [0, 0.05) is 28.8 Å². The standard InChI is InChI=1S/C24H27NO5/c1-5-29-21-9-7-6-8-18(21)12-15-22(26)30-17(4)23(27)19-10-13-20(14-11-19)25-24(28)16(2)3/h6-17H,5H2,1-4H3,(H,25,28)/b15-12+/t17-/m1/s1. The maximum Gasteiger partial charge on any atom is 0.331 e. The van der Waals surface area contributed by atoms with E-state index in [0.29, 0.717) is 23.6 Å². The third kappa shape index (κ3) is 6.58. The van der Waals surface area contributed by atoms with Crippen molar-refractivity contribution < 1.29 is 23.9 Å². The van der Waals surface area contributed by atoms with Crippen LogP contribution in [-0.4, -0.2) is 30.4 Å². The number of carbonyl (C=O) groups excluding carboxylic acids is 3. The van der Waals surface area contributed by atoms with E-state index in [4.69, 9.17) is 9.47 Å². The van der Waals surface area contributed by atoms with Crippen molar-refractivity contribution >= 4 is 29.4 Å². The highest BCUT2D eigenvalue weighted by molar-refractivity contribution is 6.01. The van der Waals surface area contributed by atoms with Crippen molar-refractivity contribution in [3.63, 3.8) is 0 Å². The molecule has 0 heterocycles. The van der Waals surface area contributed by atoms with Gasteiger partial charge in [0.1, 0.15) is 5.75 Å². The fourth-order valence-electron chi connectivity index (χ4n) is 2.57. The first-order chi connectivity index (χ1) is 14.3. The van der Waals surface area contributed by atoms with E-state index in [1.807, 2.05) is 31.2 Å². The summed E-state index contributed by atoms with van der Waals surface area (Å²) in [5.41, 5.74) is 1.74. The van der Waals surface area contributed by atoms with E-state index in [1.54, 1.807) is 44.2 Å². The third-order valence-electron chi connectivity index (χ3n) is 4.24. The Labute approximate surface area is 176 Å². The lowest BCUT2D eigenvalue weighted by Crippen LogP contribution is -2.23. The highest BCUT2D eigenvalue weighted by atomic mass is 16.5. The molecule has 158 valence electrons. The van der Waals surface area contributed by atoms with Gasteiger partial charge >= 0.3 is 5.97 Å². The van der Waals surface area contributed by atoms with Crippen LogP contribution in [0.25, 0.3) is 6.08 Å². The molecule has 0 fully saturated rings. The first kappa shape index (κ1) is 22.9. The fourth-order valence-corrected chi connectivity index (χ4v) is 2.57. The number of carbonyl (C=O) groups is 3. The first-order valence-corrected chi connectivity index (χ1v) is 9.87. The molecule has 6 nitrogen and oxygen atoms in total. The lowest BCUT2D eigenvalue weighted by atomic mass is 10.1. The van der Waals surface area contributed by atoms with E-state index in [9.17, 15) is 14.4 Å². The minimum absolute atomic E-state index is 0.103. The van der Waals surface area contributed by atoms with Crippen molar-refractivity contribution in [1.82, 2.24) is 0 Å². The van der Waals surface area contributed by atoms with Crippen LogP contribution in [0.3, 0.4) is 0 Å². The Morgan fingerprint density at radius 1 is 1.00 bits per heavy atom. The van der Waals surface area contributed by atoms with Crippen LogP contribution in [0.1, 0.15) is 43.6 Å². The second kappa shape index (κ2) is 11.0. The van der Waals surface area contributed by atoms with Crippen molar-refractivity contribution in [2.24, 2.45) is 5.92 Å². The Bertz CT molecular complexity index is 915. The van der Waals surface area contributed by atoms with Gasteiger partial charge in [-0.3, -0.25) is 9.59 Å². The van der Waals surface area contributed by atoms with Gasteiger partial charge in [-0.05, 0) is 50.3 Å². The molecule has 0 aliphatic carbocycles. The van der Waals surface area contributed by atoms with Crippen molar-refractivity contribution in [1.29, 1.82) is 0 Å². The van der Waals surface area contributed by atoms with Crippen LogP contribution >= 0.6 is 0 Å². The number of ether oxygens (including phenoxy) is 2. The van der Waals surface area contributed by atoms with E-state index in [2.05, 4.69) is 5.32 Å². The average Bonchev–Trinajstić information content (AvgIpc) is 2.73. The molecule has 2 rings (SSSR count). The molecule has 2 aromatic rings. The number of para-hydroxylation sites is 1. The van der Waals surface area contributed by atoms with Gasteiger partial charge in [0.05, 0.1) is 6.61 Å². The summed E-state index contributed by atoms with van der Waals surface area (Å²) in [6.07, 6.45) is 1.92. The van der Waals surface area contributed by atoms with Crippen molar-refractivity contribution in [2.45, 2.75) is 33.8 Å². The molecular formula is C24H27NO5. The average molecular weight is 409 g/mol. The quantitative estimate of drug-likeness (QED) is 0.374. The number of rotatable bonds is 9. The van der Waals surface area contributed by atoms with Crippen LogP contribution in [-0.2, 0) is 14.3 Å². The largest absolute Gasteiger partial charge is 0.493 e. The number of Topliss-reactive ketones (excluding diaryl/α,β-unsaturated/α-hetero) is 1. The van der Waals surface area contributed by atoms with Crippen molar-refractivity contribution in [3.8, 4) is 5.75 Å². The fraction of sp³-hybridized carbons (Fsp3) is 0.292. The second-order valence-corrected chi connectivity index (χ2v) is 6.97. The maximum atomic E-state index is 12.5. The lowest BCUT2D eigenvalue weighted by molar-refractivity contribution is -0.140. The van der Waals surface area contributed by atoms with Crippen LogP contribution in [0.5, 0.6) is 5.75 Å².